The van der Waals surface area contributed by atoms with Crippen LogP contribution in [0, 0.1) is 0 Å². The number of carbonyl (C=O) groups excluding carboxylic acids is 1. The van der Waals surface area contributed by atoms with Gasteiger partial charge in [-0.25, -0.2) is 5.32 Å². The largest absolute Gasteiger partial charge is 0.481 e. The Balaban J connectivity index is 2.43. The summed E-state index contributed by atoms with van der Waals surface area (Å²) < 4.78 is 0. The van der Waals surface area contributed by atoms with Gasteiger partial charge in [0, 0.05) is 12.6 Å². The second-order valence-electron chi connectivity index (χ2n) is 2.59. The number of carboxylic acid groups (broad SMARTS) is 1. The van der Waals surface area contributed by atoms with Gasteiger partial charge >= 0.3 is 5.97 Å². The first-order valence-electron chi connectivity index (χ1n) is 4.06. The number of amidine groups is 1. The third-order valence-corrected chi connectivity index (χ3v) is 1.44. The van der Waals surface area contributed by atoms with Gasteiger partial charge in [0.05, 0.1) is 6.42 Å². The molecule has 1 rings (SSSR count). The molecule has 0 aromatic carbocycles. The Kier molecular flexibility index (Phi) is 3.60. The van der Waals surface area contributed by atoms with Crippen molar-refractivity contribution in [3.05, 3.63) is 24.4 Å². The van der Waals surface area contributed by atoms with E-state index >= 15 is 0 Å². The molecule has 73 valence electrons. The summed E-state index contributed by atoms with van der Waals surface area (Å²) in [6, 6.07) is 0. The van der Waals surface area contributed by atoms with Crippen LogP contribution in [-0.4, -0.2) is 22.8 Å². The van der Waals surface area contributed by atoms with Gasteiger partial charge in [0.1, 0.15) is 0 Å². The molecule has 1 radical (unpaired) electrons. The molecule has 1 aliphatic heterocycles. The number of carboxylic acids is 1. The number of carbonyl (C=O) groups is 2. The summed E-state index contributed by atoms with van der Waals surface area (Å²) in [6.07, 6.45) is 6.22. The van der Waals surface area contributed by atoms with E-state index in [4.69, 9.17) is 5.11 Å². The van der Waals surface area contributed by atoms with E-state index in [2.05, 4.69) is 10.3 Å². The Morgan fingerprint density at radius 1 is 1.36 bits per heavy atom. The molecule has 0 aromatic rings. The van der Waals surface area contributed by atoms with Crippen molar-refractivity contribution in [2.24, 2.45) is 4.99 Å². The molecule has 0 unspecified atom stereocenters. The Morgan fingerprint density at radius 2 is 2.14 bits per heavy atom. The predicted molar refractivity (Wildman–Crippen MR) is 49.7 cm³/mol. The van der Waals surface area contributed by atoms with Crippen LogP contribution in [0.25, 0.3) is 0 Å². The molecule has 5 nitrogen and oxygen atoms in total. The highest BCUT2D eigenvalue weighted by atomic mass is 16.4. The van der Waals surface area contributed by atoms with Crippen molar-refractivity contribution < 1.29 is 14.7 Å². The zero-order chi connectivity index (χ0) is 10.4. The third kappa shape index (κ3) is 3.66. The third-order valence-electron chi connectivity index (χ3n) is 1.44. The zero-order valence-electron chi connectivity index (χ0n) is 7.38. The van der Waals surface area contributed by atoms with Crippen molar-refractivity contribution in [2.45, 2.75) is 12.8 Å². The predicted octanol–water partition coefficient (Wildman–Crippen LogP) is 0.464. The molecule has 0 bridgehead atoms. The van der Waals surface area contributed by atoms with Gasteiger partial charge < -0.3 is 5.11 Å². The van der Waals surface area contributed by atoms with Crippen molar-refractivity contribution in [1.82, 2.24) is 5.32 Å². The SMILES string of the molecule is O=C(O)CCC(=O)/N=C1\C=CC=C[N]1. The molecule has 1 amide bonds. The van der Waals surface area contributed by atoms with E-state index in [1.54, 1.807) is 18.2 Å². The summed E-state index contributed by atoms with van der Waals surface area (Å²) in [4.78, 5) is 24.8. The minimum Gasteiger partial charge on any atom is -0.481 e. The van der Waals surface area contributed by atoms with Crippen molar-refractivity contribution in [3.8, 4) is 0 Å². The van der Waals surface area contributed by atoms with Gasteiger partial charge in [-0.1, -0.05) is 6.08 Å². The summed E-state index contributed by atoms with van der Waals surface area (Å²) in [6.45, 7) is 0. The first kappa shape index (κ1) is 10.2. The average molecular weight is 193 g/mol. The van der Waals surface area contributed by atoms with Crippen LogP contribution in [0.2, 0.25) is 0 Å². The summed E-state index contributed by atoms with van der Waals surface area (Å²) in [7, 11) is 0. The highest BCUT2D eigenvalue weighted by molar-refractivity contribution is 6.02. The molecule has 5 heteroatoms. The Labute approximate surface area is 80.8 Å². The number of amides is 1. The molecular weight excluding hydrogens is 184 g/mol. The quantitative estimate of drug-likeness (QED) is 0.707. The van der Waals surface area contributed by atoms with E-state index in [1.165, 1.54) is 6.20 Å². The van der Waals surface area contributed by atoms with Gasteiger partial charge in [0.25, 0.3) is 0 Å². The minimum absolute atomic E-state index is 0.0914. The zero-order valence-corrected chi connectivity index (χ0v) is 7.38. The first-order valence-corrected chi connectivity index (χ1v) is 4.06. The smallest absolute Gasteiger partial charge is 0.303 e. The van der Waals surface area contributed by atoms with Crippen LogP contribution in [-0.2, 0) is 9.59 Å². The summed E-state index contributed by atoms with van der Waals surface area (Å²) in [5.74, 6) is -1.16. The maximum absolute atomic E-state index is 11.0. The number of rotatable bonds is 3. The van der Waals surface area contributed by atoms with Gasteiger partial charge in [0.15, 0.2) is 5.84 Å². The lowest BCUT2D eigenvalue weighted by Gasteiger charge is -1.99. The molecule has 0 atom stereocenters. The van der Waals surface area contributed by atoms with Crippen LogP contribution in [0.15, 0.2) is 29.4 Å². The first-order chi connectivity index (χ1) is 6.68. The lowest BCUT2D eigenvalue weighted by atomic mass is 10.3. The molecule has 1 heterocycles. The second kappa shape index (κ2) is 4.96. The van der Waals surface area contributed by atoms with E-state index in [0.717, 1.165) is 0 Å². The molecule has 0 spiro atoms. The maximum atomic E-state index is 11.0. The molecule has 0 aliphatic carbocycles. The number of nitrogens with zero attached hydrogens (tertiary/aromatic N) is 2. The van der Waals surface area contributed by atoms with Gasteiger partial charge in [-0.15, -0.1) is 0 Å². The molecule has 0 saturated carbocycles. The number of hydrogen-bond acceptors (Lipinski definition) is 2. The fourth-order valence-electron chi connectivity index (χ4n) is 0.817. The van der Waals surface area contributed by atoms with E-state index in [0.29, 0.717) is 5.84 Å². The average Bonchev–Trinajstić information content (AvgIpc) is 2.16. The van der Waals surface area contributed by atoms with Crippen LogP contribution in [0.5, 0.6) is 0 Å². The number of aliphatic imine (C=N–C) groups is 1. The highest BCUT2D eigenvalue weighted by Crippen LogP contribution is 1.96. The minimum atomic E-state index is -1.01. The van der Waals surface area contributed by atoms with Crippen molar-refractivity contribution >= 4 is 17.7 Å². The van der Waals surface area contributed by atoms with Crippen LogP contribution >= 0.6 is 0 Å². The fourth-order valence-corrected chi connectivity index (χ4v) is 0.817. The molecule has 0 aromatic heterocycles. The molecule has 1 aliphatic rings. The highest BCUT2D eigenvalue weighted by Gasteiger charge is 2.05. The molecule has 14 heavy (non-hydrogen) atoms. The lowest BCUT2D eigenvalue weighted by Crippen LogP contribution is -2.12. The van der Waals surface area contributed by atoms with Crippen LogP contribution in [0.1, 0.15) is 12.8 Å². The van der Waals surface area contributed by atoms with Crippen molar-refractivity contribution in [2.75, 3.05) is 0 Å². The lowest BCUT2D eigenvalue weighted by molar-refractivity contribution is -0.138. The van der Waals surface area contributed by atoms with Gasteiger partial charge in [0.2, 0.25) is 5.91 Å². The van der Waals surface area contributed by atoms with E-state index in [-0.39, 0.29) is 12.8 Å². The van der Waals surface area contributed by atoms with E-state index in [9.17, 15) is 9.59 Å². The summed E-state index contributed by atoms with van der Waals surface area (Å²) in [5, 5.41) is 12.1. The Bertz CT molecular complexity index is 329. The normalized spacial score (nSPS) is 16.7. The standard InChI is InChI=1S/C9H9N2O3/c12-8(4-5-9(13)14)11-7-3-1-2-6-10-7/h1-3,6H,4-5H2,(H,13,14)/b11-7+. The Hall–Kier alpha value is -1.91. The van der Waals surface area contributed by atoms with Crippen LogP contribution in [0.3, 0.4) is 0 Å². The van der Waals surface area contributed by atoms with Crippen LogP contribution in [0.4, 0.5) is 0 Å². The topological polar surface area (TPSA) is 80.8 Å². The van der Waals surface area contributed by atoms with Crippen LogP contribution < -0.4 is 5.32 Å². The number of allylic oxidation sites excluding steroid dienone is 2. The number of hydrogen-bond donors (Lipinski definition) is 1. The van der Waals surface area contributed by atoms with Crippen molar-refractivity contribution in [3.63, 3.8) is 0 Å². The monoisotopic (exact) mass is 193 g/mol. The van der Waals surface area contributed by atoms with Gasteiger partial charge in [-0.05, 0) is 12.2 Å². The second-order valence-corrected chi connectivity index (χ2v) is 2.59. The summed E-state index contributed by atoms with van der Waals surface area (Å²) in [5.41, 5.74) is 0. The van der Waals surface area contributed by atoms with E-state index in [1.807, 2.05) is 0 Å². The van der Waals surface area contributed by atoms with E-state index < -0.39 is 11.9 Å². The van der Waals surface area contributed by atoms with Gasteiger partial charge in [-0.2, -0.15) is 4.99 Å². The fraction of sp³-hybridized carbons (Fsp3) is 0.222. The number of aliphatic carboxylic acids is 1. The molecule has 1 N–H and O–H groups in total. The molecular formula is C9H9N2O3. The summed E-state index contributed by atoms with van der Waals surface area (Å²) >= 11 is 0. The molecule has 0 saturated heterocycles. The molecule has 0 fully saturated rings. The maximum Gasteiger partial charge on any atom is 0.303 e. The Morgan fingerprint density at radius 3 is 2.71 bits per heavy atom. The van der Waals surface area contributed by atoms with Crippen molar-refractivity contribution in [1.29, 1.82) is 0 Å². The van der Waals surface area contributed by atoms with Gasteiger partial charge in [-0.3, -0.25) is 9.59 Å².